The molecule has 0 unspecified atom stereocenters. The fourth-order valence-electron chi connectivity index (χ4n) is 1.99. The van der Waals surface area contributed by atoms with Gasteiger partial charge in [0.25, 0.3) is 0 Å². The third-order valence-electron chi connectivity index (χ3n) is 3.29. The highest BCUT2D eigenvalue weighted by Gasteiger charge is 2.07. The van der Waals surface area contributed by atoms with Gasteiger partial charge in [-0.2, -0.15) is 0 Å². The van der Waals surface area contributed by atoms with Gasteiger partial charge in [0.2, 0.25) is 0 Å². The fraction of sp³-hybridized carbons (Fsp3) is 0.389. The Morgan fingerprint density at radius 2 is 1.48 bits per heavy atom. The van der Waals surface area contributed by atoms with E-state index < -0.39 is 0 Å². The topological polar surface area (TPSA) is 72.3 Å². The first-order chi connectivity index (χ1) is 12.9. The molecule has 0 spiro atoms. The van der Waals surface area contributed by atoms with Crippen LogP contribution in [0.1, 0.15) is 30.9 Å². The number of ether oxygens (including phenoxy) is 1. The molecule has 0 aliphatic heterocycles. The van der Waals surface area contributed by atoms with Crippen molar-refractivity contribution in [3.05, 3.63) is 56.0 Å². The lowest BCUT2D eigenvalue weighted by molar-refractivity contribution is -0.143. The molecule has 0 bridgehead atoms. The Morgan fingerprint density at radius 1 is 0.963 bits per heavy atom. The van der Waals surface area contributed by atoms with Crippen LogP contribution in [-0.2, 0) is 22.4 Å². The number of aliphatic hydroxyl groups excluding tert-OH is 1. The summed E-state index contributed by atoms with van der Waals surface area (Å²) in [6, 6.07) is 6.93. The standard InChI is InChI=1S/C10H11Cl2NO2.C8H9Cl2NO/c1-2-15-9(14)6-4-7-3-5-8(11)13-10(7)12;9-7-4-3-6(2-1-5-12)8(10)11-7/h3,5H,2,4,6H2,1H3;3-4,12H,1-2,5H2. The zero-order valence-corrected chi connectivity index (χ0v) is 17.7. The molecule has 0 aromatic carbocycles. The number of nitrogens with zero attached hydrogens (tertiary/aromatic N) is 2. The molecule has 0 saturated carbocycles. The summed E-state index contributed by atoms with van der Waals surface area (Å²) in [4.78, 5) is 18.8. The molecule has 2 aromatic rings. The third-order valence-corrected chi connectivity index (χ3v) is 4.37. The summed E-state index contributed by atoms with van der Waals surface area (Å²) in [7, 11) is 0. The van der Waals surface area contributed by atoms with E-state index >= 15 is 0 Å². The zero-order valence-electron chi connectivity index (χ0n) is 14.7. The average Bonchev–Trinajstić information content (AvgIpc) is 2.61. The van der Waals surface area contributed by atoms with E-state index in [0.717, 1.165) is 17.5 Å². The second-order valence-corrected chi connectivity index (χ2v) is 6.79. The van der Waals surface area contributed by atoms with E-state index in [1.807, 2.05) is 6.07 Å². The molecule has 2 aromatic heterocycles. The van der Waals surface area contributed by atoms with Gasteiger partial charge in [-0.25, -0.2) is 9.97 Å². The van der Waals surface area contributed by atoms with Gasteiger partial charge in [-0.05, 0) is 49.4 Å². The Kier molecular flexibility index (Phi) is 11.6. The molecule has 5 nitrogen and oxygen atoms in total. The van der Waals surface area contributed by atoms with E-state index in [4.69, 9.17) is 56.2 Å². The van der Waals surface area contributed by atoms with Crippen LogP contribution in [0.4, 0.5) is 0 Å². The van der Waals surface area contributed by atoms with Crippen molar-refractivity contribution >= 4 is 52.4 Å². The number of carbonyl (C=O) groups excluding carboxylic acids is 1. The Labute approximate surface area is 178 Å². The number of aryl methyl sites for hydroxylation is 2. The van der Waals surface area contributed by atoms with Gasteiger partial charge in [-0.1, -0.05) is 58.5 Å². The van der Waals surface area contributed by atoms with Gasteiger partial charge in [0.15, 0.2) is 0 Å². The fourth-order valence-corrected chi connectivity index (χ4v) is 2.87. The monoisotopic (exact) mass is 452 g/mol. The highest BCUT2D eigenvalue weighted by atomic mass is 35.5. The summed E-state index contributed by atoms with van der Waals surface area (Å²) in [5.74, 6) is -0.233. The second-order valence-electron chi connectivity index (χ2n) is 5.30. The number of esters is 1. The number of pyridine rings is 2. The molecule has 9 heteroatoms. The predicted octanol–water partition coefficient (Wildman–Crippen LogP) is 5.20. The summed E-state index contributed by atoms with van der Waals surface area (Å²) in [6.45, 7) is 2.33. The zero-order chi connectivity index (χ0) is 20.2. The molecule has 0 amide bonds. The Bertz CT molecular complexity index is 745. The number of rotatable bonds is 7. The highest BCUT2D eigenvalue weighted by molar-refractivity contribution is 6.33. The minimum atomic E-state index is -0.233. The van der Waals surface area contributed by atoms with E-state index in [9.17, 15) is 4.79 Å². The van der Waals surface area contributed by atoms with Gasteiger partial charge >= 0.3 is 5.97 Å². The first-order valence-electron chi connectivity index (χ1n) is 8.25. The molecule has 148 valence electrons. The molecule has 2 heterocycles. The van der Waals surface area contributed by atoms with Gasteiger partial charge < -0.3 is 9.84 Å². The molecular formula is C18H20Cl4N2O3. The van der Waals surface area contributed by atoms with Crippen molar-refractivity contribution in [2.75, 3.05) is 13.2 Å². The minimum absolute atomic E-state index is 0.166. The Hall–Kier alpha value is -1.11. The summed E-state index contributed by atoms with van der Waals surface area (Å²) >= 11 is 22.9. The van der Waals surface area contributed by atoms with Gasteiger partial charge in [0.05, 0.1) is 6.61 Å². The number of halogens is 4. The quantitative estimate of drug-likeness (QED) is 0.460. The van der Waals surface area contributed by atoms with Crippen molar-refractivity contribution in [2.45, 2.75) is 32.6 Å². The molecule has 0 fully saturated rings. The normalized spacial score (nSPS) is 10.1. The van der Waals surface area contributed by atoms with Crippen LogP contribution in [-0.4, -0.2) is 34.3 Å². The van der Waals surface area contributed by atoms with Crippen LogP contribution < -0.4 is 0 Å². The van der Waals surface area contributed by atoms with E-state index in [1.54, 1.807) is 25.1 Å². The van der Waals surface area contributed by atoms with Crippen LogP contribution in [0, 0.1) is 0 Å². The van der Waals surface area contributed by atoms with Crippen LogP contribution in [0.5, 0.6) is 0 Å². The summed E-state index contributed by atoms with van der Waals surface area (Å²) in [5, 5.41) is 10.1. The first kappa shape index (κ1) is 23.9. The van der Waals surface area contributed by atoms with Crippen molar-refractivity contribution in [1.82, 2.24) is 9.97 Å². The van der Waals surface area contributed by atoms with E-state index in [2.05, 4.69) is 9.97 Å². The van der Waals surface area contributed by atoms with Crippen LogP contribution in [0.2, 0.25) is 20.6 Å². The van der Waals surface area contributed by atoms with Gasteiger partial charge in [-0.3, -0.25) is 4.79 Å². The first-order valence-corrected chi connectivity index (χ1v) is 9.76. The molecule has 0 aliphatic carbocycles. The van der Waals surface area contributed by atoms with Crippen molar-refractivity contribution in [3.8, 4) is 0 Å². The van der Waals surface area contributed by atoms with Gasteiger partial charge in [0.1, 0.15) is 20.6 Å². The molecule has 0 atom stereocenters. The van der Waals surface area contributed by atoms with Crippen LogP contribution in [0.3, 0.4) is 0 Å². The molecule has 0 radical (unpaired) electrons. The Balaban J connectivity index is 0.000000277. The maximum absolute atomic E-state index is 11.1. The molecule has 1 N–H and O–H groups in total. The number of aromatic nitrogens is 2. The van der Waals surface area contributed by atoms with Gasteiger partial charge in [0, 0.05) is 13.0 Å². The summed E-state index contributed by atoms with van der Waals surface area (Å²) < 4.78 is 4.80. The van der Waals surface area contributed by atoms with Gasteiger partial charge in [-0.15, -0.1) is 0 Å². The SMILES string of the molecule is CCOC(=O)CCc1ccc(Cl)nc1Cl.OCCCc1ccc(Cl)nc1Cl. The Morgan fingerprint density at radius 3 is 1.93 bits per heavy atom. The molecular weight excluding hydrogens is 434 g/mol. The molecule has 0 aliphatic rings. The van der Waals surface area contributed by atoms with E-state index in [-0.39, 0.29) is 12.6 Å². The predicted molar refractivity (Wildman–Crippen MR) is 109 cm³/mol. The number of hydrogen-bond acceptors (Lipinski definition) is 5. The molecule has 0 saturated heterocycles. The lowest BCUT2D eigenvalue weighted by atomic mass is 10.1. The summed E-state index contributed by atoms with van der Waals surface area (Å²) in [6.07, 6.45) is 2.25. The lowest BCUT2D eigenvalue weighted by Gasteiger charge is -2.03. The summed E-state index contributed by atoms with van der Waals surface area (Å²) in [5.41, 5.74) is 1.73. The molecule has 27 heavy (non-hydrogen) atoms. The minimum Gasteiger partial charge on any atom is -0.466 e. The second kappa shape index (κ2) is 13.1. The number of hydrogen-bond donors (Lipinski definition) is 1. The van der Waals surface area contributed by atoms with Crippen molar-refractivity contribution in [2.24, 2.45) is 0 Å². The van der Waals surface area contributed by atoms with Crippen molar-refractivity contribution < 1.29 is 14.6 Å². The van der Waals surface area contributed by atoms with Crippen LogP contribution >= 0.6 is 46.4 Å². The third kappa shape index (κ3) is 9.58. The maximum Gasteiger partial charge on any atom is 0.306 e. The average molecular weight is 454 g/mol. The maximum atomic E-state index is 11.1. The largest absolute Gasteiger partial charge is 0.466 e. The van der Waals surface area contributed by atoms with E-state index in [0.29, 0.717) is 46.5 Å². The lowest BCUT2D eigenvalue weighted by Crippen LogP contribution is -2.05. The highest BCUT2D eigenvalue weighted by Crippen LogP contribution is 2.18. The van der Waals surface area contributed by atoms with Crippen molar-refractivity contribution in [1.29, 1.82) is 0 Å². The van der Waals surface area contributed by atoms with Crippen LogP contribution in [0.15, 0.2) is 24.3 Å². The van der Waals surface area contributed by atoms with Crippen LogP contribution in [0.25, 0.3) is 0 Å². The number of carbonyl (C=O) groups is 1. The van der Waals surface area contributed by atoms with E-state index in [1.165, 1.54) is 0 Å². The smallest absolute Gasteiger partial charge is 0.306 e. The number of aliphatic hydroxyl groups is 1. The molecule has 2 rings (SSSR count). The van der Waals surface area contributed by atoms with Crippen molar-refractivity contribution in [3.63, 3.8) is 0 Å².